The van der Waals surface area contributed by atoms with Crippen molar-refractivity contribution in [1.29, 1.82) is 0 Å². The lowest BCUT2D eigenvalue weighted by molar-refractivity contribution is -0.117. The zero-order valence-corrected chi connectivity index (χ0v) is 19.7. The number of nitrogens with zero attached hydrogens (tertiary/aromatic N) is 3. The molecule has 1 saturated carbocycles. The fourth-order valence-electron chi connectivity index (χ4n) is 3.72. The van der Waals surface area contributed by atoms with E-state index in [0.717, 1.165) is 12.8 Å². The van der Waals surface area contributed by atoms with Crippen LogP contribution in [0, 0.1) is 0 Å². The predicted molar refractivity (Wildman–Crippen MR) is 130 cm³/mol. The molecule has 10 heteroatoms. The van der Waals surface area contributed by atoms with Crippen LogP contribution in [0.15, 0.2) is 23.3 Å². The molecule has 0 aromatic heterocycles. The number of nitrogens with one attached hydrogen (secondary N) is 2. The number of carbonyl (C=O) groups is 3. The Kier molecular flexibility index (Phi) is 7.25. The van der Waals surface area contributed by atoms with Crippen LogP contribution in [0.5, 0.6) is 0 Å². The second-order valence-electron chi connectivity index (χ2n) is 8.50. The van der Waals surface area contributed by atoms with E-state index in [-0.39, 0.29) is 30.6 Å². The second-order valence-corrected chi connectivity index (χ2v) is 8.50. The standard InChI is InChI=1S/C23H32N6O4/c1-13(2)33-23(32)28-12-14(3)29(15(4)30)21-9-19(27-22(31)25-5)18(8-20(21)28)16(10-24)11-26-17-6-7-17/h8-11,13-14,17H,6-7,12,24H2,1-5H3,(H2,25,27,31)/b16-10+,26-11?/t14-/m0/s1. The minimum Gasteiger partial charge on any atom is -0.446 e. The summed E-state index contributed by atoms with van der Waals surface area (Å²) in [7, 11) is 1.51. The number of fused-ring (bicyclic) bond motifs is 1. The molecule has 1 fully saturated rings. The van der Waals surface area contributed by atoms with Gasteiger partial charge in [-0.2, -0.15) is 0 Å². The van der Waals surface area contributed by atoms with Crippen molar-refractivity contribution in [3.05, 3.63) is 23.9 Å². The molecule has 0 radical (unpaired) electrons. The molecule has 1 aliphatic carbocycles. The van der Waals surface area contributed by atoms with Crippen LogP contribution in [0.1, 0.15) is 46.1 Å². The van der Waals surface area contributed by atoms with E-state index in [4.69, 9.17) is 10.5 Å². The number of amides is 4. The molecule has 33 heavy (non-hydrogen) atoms. The summed E-state index contributed by atoms with van der Waals surface area (Å²) in [6.45, 7) is 7.14. The molecule has 10 nitrogen and oxygen atoms in total. The highest BCUT2D eigenvalue weighted by atomic mass is 16.6. The number of hydrogen-bond acceptors (Lipinski definition) is 6. The summed E-state index contributed by atoms with van der Waals surface area (Å²) in [5.74, 6) is -0.177. The average molecular weight is 457 g/mol. The lowest BCUT2D eigenvalue weighted by Crippen LogP contribution is -2.52. The molecule has 3 rings (SSSR count). The minimum atomic E-state index is -0.510. The maximum absolute atomic E-state index is 12.9. The van der Waals surface area contributed by atoms with Gasteiger partial charge in [0.1, 0.15) is 0 Å². The van der Waals surface area contributed by atoms with Gasteiger partial charge in [0, 0.05) is 44.1 Å². The Morgan fingerprint density at radius 2 is 1.94 bits per heavy atom. The van der Waals surface area contributed by atoms with Crippen LogP contribution in [0.25, 0.3) is 5.57 Å². The Hall–Kier alpha value is -3.56. The number of nitrogens with two attached hydrogens (primary N) is 1. The summed E-state index contributed by atoms with van der Waals surface area (Å²) >= 11 is 0. The predicted octanol–water partition coefficient (Wildman–Crippen LogP) is 3.08. The van der Waals surface area contributed by atoms with Crippen molar-refractivity contribution in [1.82, 2.24) is 5.32 Å². The molecule has 1 aromatic carbocycles. The topological polar surface area (TPSA) is 129 Å². The van der Waals surface area contributed by atoms with Crippen molar-refractivity contribution in [2.24, 2.45) is 10.7 Å². The zero-order chi connectivity index (χ0) is 24.3. The molecule has 178 valence electrons. The van der Waals surface area contributed by atoms with E-state index in [9.17, 15) is 14.4 Å². The molecule has 4 amide bonds. The molecule has 0 bridgehead atoms. The Morgan fingerprint density at radius 3 is 2.48 bits per heavy atom. The number of anilines is 3. The van der Waals surface area contributed by atoms with Crippen molar-refractivity contribution >= 4 is 46.9 Å². The van der Waals surface area contributed by atoms with Crippen molar-refractivity contribution < 1.29 is 19.1 Å². The quantitative estimate of drug-likeness (QED) is 0.587. The van der Waals surface area contributed by atoms with Gasteiger partial charge in [0.25, 0.3) is 0 Å². The summed E-state index contributed by atoms with van der Waals surface area (Å²) in [6, 6.07) is 2.97. The van der Waals surface area contributed by atoms with Gasteiger partial charge < -0.3 is 26.0 Å². The summed E-state index contributed by atoms with van der Waals surface area (Å²) in [5.41, 5.74) is 8.50. The van der Waals surface area contributed by atoms with Crippen molar-refractivity contribution in [2.75, 3.05) is 28.7 Å². The van der Waals surface area contributed by atoms with E-state index in [1.165, 1.54) is 25.1 Å². The first-order chi connectivity index (χ1) is 15.7. The fraction of sp³-hybridized carbons (Fsp3) is 0.478. The zero-order valence-electron chi connectivity index (χ0n) is 19.7. The van der Waals surface area contributed by atoms with Crippen LogP contribution in [0.2, 0.25) is 0 Å². The Morgan fingerprint density at radius 1 is 1.24 bits per heavy atom. The number of carbonyl (C=O) groups excluding carboxylic acids is 3. The van der Waals surface area contributed by atoms with Crippen LogP contribution in [0.4, 0.5) is 26.7 Å². The van der Waals surface area contributed by atoms with Crippen molar-refractivity contribution in [3.8, 4) is 0 Å². The molecule has 1 heterocycles. The van der Waals surface area contributed by atoms with Crippen LogP contribution in [-0.4, -0.2) is 56.0 Å². The highest BCUT2D eigenvalue weighted by molar-refractivity contribution is 6.15. The lowest BCUT2D eigenvalue weighted by atomic mass is 9.99. The molecular formula is C23H32N6O4. The number of urea groups is 1. The highest BCUT2D eigenvalue weighted by Gasteiger charge is 2.36. The number of allylic oxidation sites excluding steroid dienone is 1. The molecule has 2 aliphatic rings. The van der Waals surface area contributed by atoms with E-state index in [1.807, 2.05) is 6.92 Å². The first-order valence-corrected chi connectivity index (χ1v) is 11.1. The lowest BCUT2D eigenvalue weighted by Gasteiger charge is -2.41. The monoisotopic (exact) mass is 456 g/mol. The van der Waals surface area contributed by atoms with Crippen LogP contribution >= 0.6 is 0 Å². The molecule has 0 saturated heterocycles. The molecule has 0 unspecified atom stereocenters. The van der Waals surface area contributed by atoms with E-state index in [2.05, 4.69) is 15.6 Å². The van der Waals surface area contributed by atoms with Crippen LogP contribution in [0.3, 0.4) is 0 Å². The minimum absolute atomic E-state index is 0.177. The smallest absolute Gasteiger partial charge is 0.414 e. The fourth-order valence-corrected chi connectivity index (χ4v) is 3.72. The molecule has 1 atom stereocenters. The normalized spacial score (nSPS) is 18.4. The summed E-state index contributed by atoms with van der Waals surface area (Å²) in [6.07, 6.45) is 4.34. The molecule has 1 aliphatic heterocycles. The van der Waals surface area contributed by atoms with Gasteiger partial charge >= 0.3 is 12.1 Å². The summed E-state index contributed by atoms with van der Waals surface area (Å²) in [4.78, 5) is 45.3. The first kappa shape index (κ1) is 24.1. The third kappa shape index (κ3) is 5.44. The molecule has 1 aromatic rings. The maximum Gasteiger partial charge on any atom is 0.414 e. The van der Waals surface area contributed by atoms with E-state index in [1.54, 1.807) is 37.1 Å². The van der Waals surface area contributed by atoms with Gasteiger partial charge in [0.15, 0.2) is 0 Å². The average Bonchev–Trinajstić information content (AvgIpc) is 3.57. The van der Waals surface area contributed by atoms with Crippen LogP contribution < -0.4 is 26.2 Å². The maximum atomic E-state index is 12.9. The number of hydrogen-bond donors (Lipinski definition) is 3. The number of rotatable bonds is 5. The number of aliphatic imine (C=N–C) groups is 1. The third-order valence-corrected chi connectivity index (χ3v) is 5.39. The second kappa shape index (κ2) is 9.93. The molecule has 4 N–H and O–H groups in total. The SMILES string of the molecule is CNC(=O)Nc1cc2c(cc1/C(C=NC1CC1)=C/N)N(C(=O)OC(C)C)C[C@H](C)N2C(C)=O. The van der Waals surface area contributed by atoms with Gasteiger partial charge in [0.05, 0.1) is 35.2 Å². The Bertz CT molecular complexity index is 999. The van der Waals surface area contributed by atoms with E-state index in [0.29, 0.717) is 28.2 Å². The largest absolute Gasteiger partial charge is 0.446 e. The molecule has 0 spiro atoms. The van der Waals surface area contributed by atoms with Crippen molar-refractivity contribution in [3.63, 3.8) is 0 Å². The van der Waals surface area contributed by atoms with Gasteiger partial charge in [-0.05, 0) is 45.7 Å². The van der Waals surface area contributed by atoms with Crippen molar-refractivity contribution in [2.45, 2.75) is 58.7 Å². The summed E-state index contributed by atoms with van der Waals surface area (Å²) in [5, 5.41) is 5.33. The third-order valence-electron chi connectivity index (χ3n) is 5.39. The van der Waals surface area contributed by atoms with Gasteiger partial charge in [-0.1, -0.05) is 0 Å². The van der Waals surface area contributed by atoms with Gasteiger partial charge in [0.2, 0.25) is 5.91 Å². The number of benzene rings is 1. The van der Waals surface area contributed by atoms with E-state index >= 15 is 0 Å². The number of ether oxygens (including phenoxy) is 1. The first-order valence-electron chi connectivity index (χ1n) is 11.1. The van der Waals surface area contributed by atoms with E-state index < -0.39 is 12.1 Å². The Balaban J connectivity index is 2.19. The molecular weight excluding hydrogens is 424 g/mol. The van der Waals surface area contributed by atoms with Gasteiger partial charge in [-0.15, -0.1) is 0 Å². The summed E-state index contributed by atoms with van der Waals surface area (Å²) < 4.78 is 5.45. The van der Waals surface area contributed by atoms with Gasteiger partial charge in [-0.25, -0.2) is 9.59 Å². The highest BCUT2D eigenvalue weighted by Crippen LogP contribution is 2.42. The van der Waals surface area contributed by atoms with Gasteiger partial charge in [-0.3, -0.25) is 14.7 Å². The van der Waals surface area contributed by atoms with Crippen LogP contribution in [-0.2, 0) is 9.53 Å². The Labute approximate surface area is 193 Å².